The highest BCUT2D eigenvalue weighted by molar-refractivity contribution is 5.80. The molecule has 0 bridgehead atoms. The van der Waals surface area contributed by atoms with Crippen LogP contribution in [0, 0.1) is 23.2 Å². The van der Waals surface area contributed by atoms with Gasteiger partial charge in [0, 0.05) is 43.6 Å². The molecule has 0 spiro atoms. The van der Waals surface area contributed by atoms with Crippen molar-refractivity contribution < 1.29 is 4.74 Å². The molecule has 2 saturated heterocycles. The Morgan fingerprint density at radius 2 is 1.95 bits per heavy atom. The molecule has 2 heterocycles. The molecule has 1 aliphatic carbocycles. The van der Waals surface area contributed by atoms with Gasteiger partial charge in [0.1, 0.15) is 0 Å². The Morgan fingerprint density at radius 3 is 2.59 bits per heavy atom. The lowest BCUT2D eigenvalue weighted by Gasteiger charge is -2.55. The molecule has 126 valence electrons. The Bertz CT molecular complexity index is 424. The summed E-state index contributed by atoms with van der Waals surface area (Å²) in [5, 5.41) is 3.82. The maximum Gasteiger partial charge on any atom is 0.194 e. The minimum Gasteiger partial charge on any atom is -0.377 e. The third-order valence-corrected chi connectivity index (χ3v) is 5.86. The number of guanidine groups is 1. The quantitative estimate of drug-likeness (QED) is 0.629. The van der Waals surface area contributed by atoms with Gasteiger partial charge in [-0.05, 0) is 31.6 Å². The van der Waals surface area contributed by atoms with Gasteiger partial charge in [0.15, 0.2) is 5.96 Å². The summed E-state index contributed by atoms with van der Waals surface area (Å²) in [5.41, 5.74) is 0.211. The maximum absolute atomic E-state index is 5.93. The van der Waals surface area contributed by atoms with Crippen LogP contribution in [0.25, 0.3) is 0 Å². The molecule has 2 aliphatic heterocycles. The standard InChI is InChI=1S/C18H33N3O/c1-6-19-17(21-10-12(2)9-13(3)11-21)20-15-14-7-8-22-16(14)18(15,4)5/h12-16H,6-11H2,1-5H3,(H,19,20). The van der Waals surface area contributed by atoms with Crippen molar-refractivity contribution in [3.8, 4) is 0 Å². The molecule has 3 fully saturated rings. The number of hydrogen-bond acceptors (Lipinski definition) is 2. The van der Waals surface area contributed by atoms with Gasteiger partial charge in [-0.25, -0.2) is 0 Å². The first-order valence-electron chi connectivity index (χ1n) is 9.11. The summed E-state index contributed by atoms with van der Waals surface area (Å²) in [6, 6.07) is 0.498. The Morgan fingerprint density at radius 1 is 1.27 bits per heavy atom. The molecule has 4 nitrogen and oxygen atoms in total. The summed E-state index contributed by atoms with van der Waals surface area (Å²) in [6.07, 6.45) is 2.97. The van der Waals surface area contributed by atoms with E-state index in [4.69, 9.17) is 9.73 Å². The van der Waals surface area contributed by atoms with Gasteiger partial charge in [0.2, 0.25) is 0 Å². The minimum atomic E-state index is 0.211. The zero-order valence-electron chi connectivity index (χ0n) is 14.9. The lowest BCUT2D eigenvalue weighted by Crippen LogP contribution is -2.68. The largest absolute Gasteiger partial charge is 0.377 e. The van der Waals surface area contributed by atoms with Crippen molar-refractivity contribution in [2.24, 2.45) is 28.2 Å². The van der Waals surface area contributed by atoms with Crippen LogP contribution in [0.3, 0.4) is 0 Å². The topological polar surface area (TPSA) is 36.9 Å². The Hall–Kier alpha value is -0.770. The van der Waals surface area contributed by atoms with E-state index in [2.05, 4.69) is 44.8 Å². The lowest BCUT2D eigenvalue weighted by molar-refractivity contribution is -0.107. The first kappa shape index (κ1) is 16.1. The van der Waals surface area contributed by atoms with E-state index < -0.39 is 0 Å². The second-order valence-corrected chi connectivity index (χ2v) is 8.34. The molecule has 5 unspecified atom stereocenters. The highest BCUT2D eigenvalue weighted by Gasteiger charge is 2.59. The summed E-state index contributed by atoms with van der Waals surface area (Å²) in [7, 11) is 0. The molecule has 0 aromatic heterocycles. The van der Waals surface area contributed by atoms with Gasteiger partial charge >= 0.3 is 0 Å². The second kappa shape index (κ2) is 6.03. The first-order chi connectivity index (χ1) is 10.4. The van der Waals surface area contributed by atoms with Crippen LogP contribution in [-0.4, -0.2) is 49.2 Å². The van der Waals surface area contributed by atoms with E-state index in [1.807, 2.05) is 0 Å². The van der Waals surface area contributed by atoms with Gasteiger partial charge in [0.25, 0.3) is 0 Å². The highest BCUT2D eigenvalue weighted by Crippen LogP contribution is 2.52. The predicted octanol–water partition coefficient (Wildman–Crippen LogP) is 2.74. The third kappa shape index (κ3) is 2.75. The highest BCUT2D eigenvalue weighted by atomic mass is 16.5. The van der Waals surface area contributed by atoms with Crippen molar-refractivity contribution >= 4 is 5.96 Å². The van der Waals surface area contributed by atoms with E-state index >= 15 is 0 Å². The molecule has 1 N–H and O–H groups in total. The molecular weight excluding hydrogens is 274 g/mol. The van der Waals surface area contributed by atoms with Crippen molar-refractivity contribution in [2.75, 3.05) is 26.2 Å². The molecule has 0 radical (unpaired) electrons. The average molecular weight is 307 g/mol. The van der Waals surface area contributed by atoms with Crippen LogP contribution in [0.5, 0.6) is 0 Å². The van der Waals surface area contributed by atoms with Crippen LogP contribution in [0.2, 0.25) is 0 Å². The van der Waals surface area contributed by atoms with Gasteiger partial charge in [-0.1, -0.05) is 27.7 Å². The third-order valence-electron chi connectivity index (χ3n) is 5.86. The van der Waals surface area contributed by atoms with Crippen molar-refractivity contribution in [3.63, 3.8) is 0 Å². The monoisotopic (exact) mass is 307 g/mol. The predicted molar refractivity (Wildman–Crippen MR) is 91.0 cm³/mol. The number of nitrogens with one attached hydrogen (secondary N) is 1. The van der Waals surface area contributed by atoms with Gasteiger partial charge in [-0.15, -0.1) is 0 Å². The molecule has 3 rings (SSSR count). The summed E-state index contributed by atoms with van der Waals surface area (Å²) >= 11 is 0. The fourth-order valence-corrected chi connectivity index (χ4v) is 4.98. The number of ether oxygens (including phenoxy) is 1. The zero-order valence-corrected chi connectivity index (χ0v) is 14.9. The normalized spacial score (nSPS) is 41.0. The van der Waals surface area contributed by atoms with E-state index in [9.17, 15) is 0 Å². The van der Waals surface area contributed by atoms with Crippen molar-refractivity contribution in [1.82, 2.24) is 10.2 Å². The van der Waals surface area contributed by atoms with Crippen LogP contribution in [0.1, 0.15) is 47.5 Å². The Kier molecular flexibility index (Phi) is 4.41. The molecule has 0 amide bonds. The molecule has 5 atom stereocenters. The van der Waals surface area contributed by atoms with Crippen LogP contribution in [0.15, 0.2) is 4.99 Å². The smallest absolute Gasteiger partial charge is 0.194 e. The molecule has 1 saturated carbocycles. The number of rotatable bonds is 2. The summed E-state index contributed by atoms with van der Waals surface area (Å²) in [6.45, 7) is 15.6. The number of fused-ring (bicyclic) bond motifs is 1. The van der Waals surface area contributed by atoms with Crippen molar-refractivity contribution in [2.45, 2.75) is 59.6 Å². The van der Waals surface area contributed by atoms with Crippen LogP contribution in [-0.2, 0) is 4.74 Å². The van der Waals surface area contributed by atoms with Crippen molar-refractivity contribution in [3.05, 3.63) is 0 Å². The molecular formula is C18H33N3O. The summed E-state index contributed by atoms with van der Waals surface area (Å²) in [4.78, 5) is 7.30. The SMILES string of the molecule is CCN=C(NC1C2CCOC2C1(C)C)N1CC(C)CC(C)C1. The fraction of sp³-hybridized carbons (Fsp3) is 0.944. The van der Waals surface area contributed by atoms with Gasteiger partial charge < -0.3 is 15.0 Å². The number of nitrogens with zero attached hydrogens (tertiary/aromatic N) is 2. The van der Waals surface area contributed by atoms with E-state index in [0.717, 1.165) is 44.0 Å². The summed E-state index contributed by atoms with van der Waals surface area (Å²) < 4.78 is 5.93. The van der Waals surface area contributed by atoms with Gasteiger partial charge in [-0.2, -0.15) is 0 Å². The molecule has 4 heteroatoms. The van der Waals surface area contributed by atoms with Crippen LogP contribution < -0.4 is 5.32 Å². The molecule has 22 heavy (non-hydrogen) atoms. The van der Waals surface area contributed by atoms with E-state index in [1.165, 1.54) is 12.8 Å². The van der Waals surface area contributed by atoms with Gasteiger partial charge in [0.05, 0.1) is 6.10 Å². The number of likely N-dealkylation sites (tertiary alicyclic amines) is 1. The lowest BCUT2D eigenvalue weighted by atomic mass is 9.57. The first-order valence-corrected chi connectivity index (χ1v) is 9.11. The second-order valence-electron chi connectivity index (χ2n) is 8.34. The van der Waals surface area contributed by atoms with Gasteiger partial charge in [-0.3, -0.25) is 4.99 Å². The van der Waals surface area contributed by atoms with E-state index in [0.29, 0.717) is 18.1 Å². The average Bonchev–Trinajstić information content (AvgIpc) is 2.89. The number of aliphatic imine (C=N–C) groups is 1. The van der Waals surface area contributed by atoms with E-state index in [1.54, 1.807) is 0 Å². The molecule has 3 aliphatic rings. The number of piperidine rings is 1. The molecule has 0 aromatic carbocycles. The Balaban J connectivity index is 1.71. The van der Waals surface area contributed by atoms with Crippen LogP contribution >= 0.6 is 0 Å². The fourth-order valence-electron chi connectivity index (χ4n) is 4.98. The summed E-state index contributed by atoms with van der Waals surface area (Å²) in [5.74, 6) is 3.30. The zero-order chi connectivity index (χ0) is 15.9. The van der Waals surface area contributed by atoms with E-state index in [-0.39, 0.29) is 5.41 Å². The molecule has 0 aromatic rings. The Labute approximate surface area is 135 Å². The van der Waals surface area contributed by atoms with Crippen LogP contribution in [0.4, 0.5) is 0 Å². The van der Waals surface area contributed by atoms with Crippen molar-refractivity contribution in [1.29, 1.82) is 0 Å². The minimum absolute atomic E-state index is 0.211. The maximum atomic E-state index is 5.93. The number of hydrogen-bond donors (Lipinski definition) is 1.